The van der Waals surface area contributed by atoms with Gasteiger partial charge in [-0.2, -0.15) is 0 Å². The van der Waals surface area contributed by atoms with Crippen molar-refractivity contribution in [3.8, 4) is 0 Å². The van der Waals surface area contributed by atoms with E-state index in [0.29, 0.717) is 16.3 Å². The Labute approximate surface area is 129 Å². The first-order chi connectivity index (χ1) is 9.97. The van der Waals surface area contributed by atoms with Gasteiger partial charge in [0.05, 0.1) is 10.0 Å². The molecule has 1 aliphatic rings. The first-order valence-electron chi connectivity index (χ1n) is 6.03. The minimum Gasteiger partial charge on any atom is -0.290 e. The zero-order valence-electron chi connectivity index (χ0n) is 10.5. The van der Waals surface area contributed by atoms with Gasteiger partial charge in [-0.1, -0.05) is 29.3 Å². The largest absolute Gasteiger partial charge is 0.290 e. The van der Waals surface area contributed by atoms with E-state index in [-0.39, 0.29) is 27.2 Å². The molecule has 21 heavy (non-hydrogen) atoms. The number of carbonyl (C=O) groups excluding carboxylic acids is 2. The molecule has 0 fully saturated rings. The topological polar surface area (TPSA) is 34.1 Å². The molecule has 0 N–H and O–H groups in total. The van der Waals surface area contributed by atoms with Crippen molar-refractivity contribution in [3.63, 3.8) is 0 Å². The van der Waals surface area contributed by atoms with Crippen LogP contribution in [0.3, 0.4) is 0 Å². The van der Waals surface area contributed by atoms with E-state index in [0.717, 1.165) is 0 Å². The highest BCUT2D eigenvalue weighted by Gasteiger charge is 2.22. The fourth-order valence-corrected chi connectivity index (χ4v) is 2.76. The fraction of sp³-hybridized carbons (Fsp3) is 0. The van der Waals surface area contributed by atoms with Crippen molar-refractivity contribution < 1.29 is 14.0 Å². The Balaban J connectivity index is 2.39. The first kappa shape index (κ1) is 14.0. The second kappa shape index (κ2) is 5.10. The van der Waals surface area contributed by atoms with Gasteiger partial charge in [-0.3, -0.25) is 9.59 Å². The summed E-state index contributed by atoms with van der Waals surface area (Å²) in [5.41, 5.74) is 0.508. The van der Waals surface area contributed by atoms with Crippen LogP contribution in [0.15, 0.2) is 42.5 Å². The summed E-state index contributed by atoms with van der Waals surface area (Å²) in [6.07, 6.45) is 3.58. The molecule has 1 aliphatic carbocycles. The van der Waals surface area contributed by atoms with Gasteiger partial charge in [0.25, 0.3) is 0 Å². The fourth-order valence-electron chi connectivity index (χ4n) is 2.29. The lowest BCUT2D eigenvalue weighted by Gasteiger charge is -2.14. The second-order valence-electron chi connectivity index (χ2n) is 4.57. The Morgan fingerprint density at radius 1 is 1.00 bits per heavy atom. The van der Waals surface area contributed by atoms with Gasteiger partial charge >= 0.3 is 0 Å². The van der Waals surface area contributed by atoms with Crippen LogP contribution in [0.4, 0.5) is 4.39 Å². The minimum atomic E-state index is -0.424. The van der Waals surface area contributed by atoms with Gasteiger partial charge in [0.2, 0.25) is 0 Å². The summed E-state index contributed by atoms with van der Waals surface area (Å²) >= 11 is 12.3. The number of halogens is 3. The molecule has 0 heterocycles. The Morgan fingerprint density at radius 3 is 2.52 bits per heavy atom. The highest BCUT2D eigenvalue weighted by molar-refractivity contribution is 6.47. The summed E-state index contributed by atoms with van der Waals surface area (Å²) in [5, 5.41) is 1.43. The Kier molecular flexibility index (Phi) is 3.40. The van der Waals surface area contributed by atoms with Crippen molar-refractivity contribution >= 4 is 51.1 Å². The maximum atomic E-state index is 13.4. The van der Waals surface area contributed by atoms with Crippen LogP contribution in [0.1, 0.15) is 5.56 Å². The van der Waals surface area contributed by atoms with Gasteiger partial charge in [-0.25, -0.2) is 4.39 Å². The zero-order valence-corrected chi connectivity index (χ0v) is 12.0. The van der Waals surface area contributed by atoms with Crippen molar-refractivity contribution in [3.05, 3.63) is 63.9 Å². The lowest BCUT2D eigenvalue weighted by Crippen LogP contribution is -2.07. The summed E-state index contributed by atoms with van der Waals surface area (Å²) in [7, 11) is 0. The number of allylic oxidation sites excluding steroid dienone is 4. The lowest BCUT2D eigenvalue weighted by molar-refractivity contribution is -0.113. The first-order valence-corrected chi connectivity index (χ1v) is 6.78. The van der Waals surface area contributed by atoms with Crippen LogP contribution in [0.25, 0.3) is 16.3 Å². The van der Waals surface area contributed by atoms with Crippen molar-refractivity contribution in [2.24, 2.45) is 0 Å². The molecule has 0 saturated carbocycles. The van der Waals surface area contributed by atoms with Gasteiger partial charge in [-0.15, -0.1) is 0 Å². The summed E-state index contributed by atoms with van der Waals surface area (Å²) in [6.45, 7) is 0. The Morgan fingerprint density at radius 2 is 1.76 bits per heavy atom. The summed E-state index contributed by atoms with van der Waals surface area (Å²) in [5.74, 6) is -1.08. The minimum absolute atomic E-state index is 0.159. The van der Waals surface area contributed by atoms with E-state index < -0.39 is 5.82 Å². The van der Waals surface area contributed by atoms with E-state index in [4.69, 9.17) is 23.2 Å². The molecule has 0 radical (unpaired) electrons. The number of ketones is 2. The molecule has 3 rings (SSSR count). The number of hydrogen-bond acceptors (Lipinski definition) is 2. The highest BCUT2D eigenvalue weighted by Crippen LogP contribution is 2.38. The second-order valence-corrected chi connectivity index (χ2v) is 5.36. The molecule has 0 aliphatic heterocycles. The Hall–Kier alpha value is -1.97. The van der Waals surface area contributed by atoms with E-state index >= 15 is 0 Å². The number of benzene rings is 2. The predicted molar refractivity (Wildman–Crippen MR) is 81.1 cm³/mol. The smallest absolute Gasteiger partial charge is 0.186 e. The molecular formula is C16H7Cl2FO2. The van der Waals surface area contributed by atoms with Gasteiger partial charge in [0.1, 0.15) is 5.82 Å². The van der Waals surface area contributed by atoms with Crippen molar-refractivity contribution in [2.75, 3.05) is 0 Å². The van der Waals surface area contributed by atoms with Crippen LogP contribution in [0.5, 0.6) is 0 Å². The van der Waals surface area contributed by atoms with Gasteiger partial charge in [-0.05, 0) is 47.2 Å². The molecule has 0 unspecified atom stereocenters. The summed E-state index contributed by atoms with van der Waals surface area (Å²) < 4.78 is 13.4. The van der Waals surface area contributed by atoms with Crippen molar-refractivity contribution in [1.82, 2.24) is 0 Å². The Bertz CT molecular complexity index is 866. The average molecular weight is 321 g/mol. The quantitative estimate of drug-likeness (QED) is 0.731. The van der Waals surface area contributed by atoms with Gasteiger partial charge in [0, 0.05) is 11.1 Å². The normalized spacial score (nSPS) is 14.7. The van der Waals surface area contributed by atoms with E-state index in [1.165, 1.54) is 42.5 Å². The standard InChI is InChI=1S/C16H7Cl2FO2/c17-13-6-8-5-9(19)1-3-11(8)15(16(13)18)12-7-10(20)2-4-14(12)21/h1-7H. The van der Waals surface area contributed by atoms with Gasteiger partial charge < -0.3 is 0 Å². The molecule has 0 bridgehead atoms. The molecule has 0 spiro atoms. The molecule has 0 atom stereocenters. The third-order valence-electron chi connectivity index (χ3n) is 3.21. The van der Waals surface area contributed by atoms with Crippen LogP contribution >= 0.6 is 23.2 Å². The van der Waals surface area contributed by atoms with Crippen LogP contribution in [-0.2, 0) is 9.59 Å². The van der Waals surface area contributed by atoms with Crippen LogP contribution in [-0.4, -0.2) is 11.6 Å². The van der Waals surface area contributed by atoms with Crippen molar-refractivity contribution in [2.45, 2.75) is 0 Å². The third-order valence-corrected chi connectivity index (χ3v) is 4.00. The van der Waals surface area contributed by atoms with E-state index in [1.807, 2.05) is 0 Å². The SMILES string of the molecule is O=C1C=CC(=O)C(c2c(Cl)c(Cl)cc3cc(F)ccc23)=C1. The molecule has 0 amide bonds. The monoisotopic (exact) mass is 320 g/mol. The summed E-state index contributed by atoms with van der Waals surface area (Å²) in [6, 6.07) is 5.60. The molecule has 0 saturated heterocycles. The van der Waals surface area contributed by atoms with Gasteiger partial charge in [0.15, 0.2) is 11.6 Å². The summed E-state index contributed by atoms with van der Waals surface area (Å²) in [4.78, 5) is 23.6. The average Bonchev–Trinajstić information content (AvgIpc) is 2.44. The highest BCUT2D eigenvalue weighted by atomic mass is 35.5. The zero-order chi connectivity index (χ0) is 15.1. The van der Waals surface area contributed by atoms with Crippen molar-refractivity contribution in [1.29, 1.82) is 0 Å². The van der Waals surface area contributed by atoms with E-state index in [2.05, 4.69) is 0 Å². The van der Waals surface area contributed by atoms with E-state index in [1.54, 1.807) is 0 Å². The number of rotatable bonds is 1. The molecule has 2 nitrogen and oxygen atoms in total. The number of fused-ring (bicyclic) bond motifs is 1. The predicted octanol–water partition coefficient (Wildman–Crippen LogP) is 4.38. The molecule has 2 aromatic carbocycles. The molecular weight excluding hydrogens is 314 g/mol. The van der Waals surface area contributed by atoms with E-state index in [9.17, 15) is 14.0 Å². The third kappa shape index (κ3) is 2.39. The number of hydrogen-bond donors (Lipinski definition) is 0. The lowest BCUT2D eigenvalue weighted by atomic mass is 9.92. The van der Waals surface area contributed by atoms with Crippen LogP contribution in [0, 0.1) is 5.82 Å². The maximum absolute atomic E-state index is 13.4. The van der Waals surface area contributed by atoms with Crippen LogP contribution < -0.4 is 0 Å². The molecule has 5 heteroatoms. The maximum Gasteiger partial charge on any atom is 0.186 e. The van der Waals surface area contributed by atoms with Crippen LogP contribution in [0.2, 0.25) is 10.0 Å². The molecule has 2 aromatic rings. The number of carbonyl (C=O) groups is 2. The molecule has 104 valence electrons. The molecule has 0 aromatic heterocycles.